The molecule has 2 heterocycles. The summed E-state index contributed by atoms with van der Waals surface area (Å²) in [6, 6.07) is 5.10. The normalized spacial score (nSPS) is 20.3. The molecule has 146 valence electrons. The highest BCUT2D eigenvalue weighted by molar-refractivity contribution is 7.13. The molecule has 7 heteroatoms. The van der Waals surface area contributed by atoms with Gasteiger partial charge < -0.3 is 9.47 Å². The molecule has 1 fully saturated rings. The first kappa shape index (κ1) is 19.6. The first-order valence-electron chi connectivity index (χ1n) is 9.18. The molecule has 1 N–H and O–H groups in total. The fourth-order valence-corrected chi connectivity index (χ4v) is 4.39. The maximum atomic E-state index is 12.6. The molecule has 27 heavy (non-hydrogen) atoms. The van der Waals surface area contributed by atoms with E-state index < -0.39 is 0 Å². The van der Waals surface area contributed by atoms with E-state index in [-0.39, 0.29) is 5.91 Å². The Hall–Kier alpha value is -2.12. The van der Waals surface area contributed by atoms with Gasteiger partial charge in [0.15, 0.2) is 5.13 Å². The zero-order valence-electron chi connectivity index (χ0n) is 16.3. The summed E-state index contributed by atoms with van der Waals surface area (Å²) < 4.78 is 10.5. The average molecular weight is 390 g/mol. The third-order valence-electron chi connectivity index (χ3n) is 4.72. The maximum absolute atomic E-state index is 12.6. The largest absolute Gasteiger partial charge is 0.497 e. The van der Waals surface area contributed by atoms with Crippen LogP contribution in [0.3, 0.4) is 0 Å². The van der Waals surface area contributed by atoms with Crippen molar-refractivity contribution in [3.63, 3.8) is 0 Å². The molecule has 0 radical (unpaired) electrons. The van der Waals surface area contributed by atoms with Gasteiger partial charge in [0.2, 0.25) is 0 Å². The fraction of sp³-hybridized carbons (Fsp3) is 0.500. The standard InChI is InChI=1S/C20H27N3O3S/c1-13-5-14(2)10-23(9-13)11-16-12-27-20(21-16)22-19(24)15-6-17(25-3)8-18(7-15)26-4/h6-8,12-14H,5,9-11H2,1-4H3,(H,21,22,24)/t13-,14-/m1/s1. The number of thiazole rings is 1. The second-order valence-electron chi connectivity index (χ2n) is 7.34. The van der Waals surface area contributed by atoms with Crippen LogP contribution in [-0.4, -0.2) is 43.1 Å². The molecule has 1 aromatic heterocycles. The lowest BCUT2D eigenvalue weighted by molar-refractivity contribution is 0.102. The Kier molecular flexibility index (Phi) is 6.34. The summed E-state index contributed by atoms with van der Waals surface area (Å²) in [5.74, 6) is 2.36. The molecule has 2 atom stereocenters. The summed E-state index contributed by atoms with van der Waals surface area (Å²) in [6.07, 6.45) is 1.29. The van der Waals surface area contributed by atoms with Crippen LogP contribution in [0.1, 0.15) is 36.3 Å². The van der Waals surface area contributed by atoms with Crippen molar-refractivity contribution in [2.45, 2.75) is 26.8 Å². The number of methoxy groups -OCH3 is 2. The van der Waals surface area contributed by atoms with Gasteiger partial charge in [0, 0.05) is 36.6 Å². The Morgan fingerprint density at radius 3 is 2.41 bits per heavy atom. The van der Waals surface area contributed by atoms with E-state index in [1.807, 2.05) is 5.38 Å². The number of amides is 1. The van der Waals surface area contributed by atoms with Gasteiger partial charge in [-0.2, -0.15) is 0 Å². The number of nitrogens with one attached hydrogen (secondary N) is 1. The number of benzene rings is 1. The third kappa shape index (κ3) is 5.20. The second-order valence-corrected chi connectivity index (χ2v) is 8.20. The number of anilines is 1. The molecule has 0 aliphatic carbocycles. The first-order chi connectivity index (χ1) is 13.0. The molecule has 2 aromatic rings. The lowest BCUT2D eigenvalue weighted by atomic mass is 9.92. The van der Waals surface area contributed by atoms with E-state index in [1.165, 1.54) is 17.8 Å². The summed E-state index contributed by atoms with van der Waals surface area (Å²) in [4.78, 5) is 19.6. The highest BCUT2D eigenvalue weighted by atomic mass is 32.1. The average Bonchev–Trinajstić information content (AvgIpc) is 3.07. The number of aromatic nitrogens is 1. The molecule has 0 unspecified atom stereocenters. The van der Waals surface area contributed by atoms with Crippen molar-refractivity contribution >= 4 is 22.4 Å². The van der Waals surface area contributed by atoms with Crippen molar-refractivity contribution in [2.75, 3.05) is 32.6 Å². The van der Waals surface area contributed by atoms with Gasteiger partial charge in [-0.25, -0.2) is 4.98 Å². The Balaban J connectivity index is 1.64. The van der Waals surface area contributed by atoms with E-state index in [4.69, 9.17) is 9.47 Å². The number of likely N-dealkylation sites (tertiary alicyclic amines) is 1. The minimum Gasteiger partial charge on any atom is -0.497 e. The molecule has 1 saturated heterocycles. The van der Waals surface area contributed by atoms with Crippen LogP contribution in [0.5, 0.6) is 11.5 Å². The van der Waals surface area contributed by atoms with Crippen molar-refractivity contribution in [1.82, 2.24) is 9.88 Å². The van der Waals surface area contributed by atoms with Crippen LogP contribution in [0.25, 0.3) is 0 Å². The maximum Gasteiger partial charge on any atom is 0.257 e. The van der Waals surface area contributed by atoms with Gasteiger partial charge >= 0.3 is 0 Å². The molecule has 1 amide bonds. The van der Waals surface area contributed by atoms with E-state index >= 15 is 0 Å². The van der Waals surface area contributed by atoms with Crippen LogP contribution >= 0.6 is 11.3 Å². The lowest BCUT2D eigenvalue weighted by Gasteiger charge is -2.34. The van der Waals surface area contributed by atoms with Crippen molar-refractivity contribution in [3.05, 3.63) is 34.8 Å². The SMILES string of the molecule is COc1cc(OC)cc(C(=O)Nc2nc(CN3C[C@H](C)C[C@@H](C)C3)cs2)c1. The summed E-state index contributed by atoms with van der Waals surface area (Å²) >= 11 is 1.45. The summed E-state index contributed by atoms with van der Waals surface area (Å²) in [5.41, 5.74) is 1.47. The highest BCUT2D eigenvalue weighted by Crippen LogP contribution is 2.26. The number of nitrogens with zero attached hydrogens (tertiary/aromatic N) is 2. The van der Waals surface area contributed by atoms with E-state index in [0.717, 1.165) is 37.2 Å². The molecule has 0 bridgehead atoms. The van der Waals surface area contributed by atoms with Crippen LogP contribution in [0.4, 0.5) is 5.13 Å². The monoisotopic (exact) mass is 389 g/mol. The number of carbonyl (C=O) groups is 1. The minimum atomic E-state index is -0.228. The van der Waals surface area contributed by atoms with Crippen LogP contribution in [-0.2, 0) is 6.54 Å². The number of rotatable bonds is 6. The van der Waals surface area contributed by atoms with Gasteiger partial charge in [-0.3, -0.25) is 15.0 Å². The molecule has 3 rings (SSSR count). The number of ether oxygens (including phenoxy) is 2. The predicted octanol–water partition coefficient (Wildman–Crippen LogP) is 3.89. The van der Waals surface area contributed by atoms with Gasteiger partial charge in [-0.15, -0.1) is 11.3 Å². The molecular weight excluding hydrogens is 362 g/mol. The highest BCUT2D eigenvalue weighted by Gasteiger charge is 2.22. The summed E-state index contributed by atoms with van der Waals surface area (Å²) in [6.45, 7) is 7.64. The van der Waals surface area contributed by atoms with Crippen LogP contribution in [0.15, 0.2) is 23.6 Å². The topological polar surface area (TPSA) is 63.7 Å². The molecular formula is C20H27N3O3S. The number of hydrogen-bond donors (Lipinski definition) is 1. The van der Waals surface area contributed by atoms with Crippen LogP contribution in [0.2, 0.25) is 0 Å². The van der Waals surface area contributed by atoms with Crippen molar-refractivity contribution in [1.29, 1.82) is 0 Å². The Bertz CT molecular complexity index is 760. The third-order valence-corrected chi connectivity index (χ3v) is 5.52. The zero-order valence-corrected chi connectivity index (χ0v) is 17.1. The molecule has 0 spiro atoms. The predicted molar refractivity (Wildman–Crippen MR) is 108 cm³/mol. The summed E-state index contributed by atoms with van der Waals surface area (Å²) in [5, 5.41) is 5.50. The Morgan fingerprint density at radius 2 is 1.81 bits per heavy atom. The van der Waals surface area contributed by atoms with Crippen LogP contribution < -0.4 is 14.8 Å². The van der Waals surface area contributed by atoms with E-state index in [2.05, 4.69) is 29.0 Å². The van der Waals surface area contributed by atoms with Gasteiger partial charge in [0.25, 0.3) is 5.91 Å². The van der Waals surface area contributed by atoms with Gasteiger partial charge in [-0.05, 0) is 30.4 Å². The molecule has 1 aliphatic heterocycles. The Morgan fingerprint density at radius 1 is 1.19 bits per heavy atom. The lowest BCUT2D eigenvalue weighted by Crippen LogP contribution is -2.38. The first-order valence-corrected chi connectivity index (χ1v) is 10.1. The fourth-order valence-electron chi connectivity index (χ4n) is 3.70. The molecule has 1 aliphatic rings. The quantitative estimate of drug-likeness (QED) is 0.812. The Labute approximate surface area is 164 Å². The summed E-state index contributed by atoms with van der Waals surface area (Å²) in [7, 11) is 3.12. The molecule has 0 saturated carbocycles. The van der Waals surface area contributed by atoms with E-state index in [9.17, 15) is 4.79 Å². The van der Waals surface area contributed by atoms with E-state index in [0.29, 0.717) is 22.2 Å². The van der Waals surface area contributed by atoms with Crippen LogP contribution in [0, 0.1) is 11.8 Å². The smallest absolute Gasteiger partial charge is 0.257 e. The minimum absolute atomic E-state index is 0.228. The van der Waals surface area contributed by atoms with Gasteiger partial charge in [0.05, 0.1) is 19.9 Å². The van der Waals surface area contributed by atoms with Crippen molar-refractivity contribution < 1.29 is 14.3 Å². The number of piperidine rings is 1. The molecule has 1 aromatic carbocycles. The van der Waals surface area contributed by atoms with Gasteiger partial charge in [-0.1, -0.05) is 13.8 Å². The number of hydrogen-bond acceptors (Lipinski definition) is 6. The number of carbonyl (C=O) groups excluding carboxylic acids is 1. The second kappa shape index (κ2) is 8.71. The molecule has 6 nitrogen and oxygen atoms in total. The van der Waals surface area contributed by atoms with E-state index in [1.54, 1.807) is 32.4 Å². The van der Waals surface area contributed by atoms with Gasteiger partial charge in [0.1, 0.15) is 11.5 Å². The van der Waals surface area contributed by atoms with Crippen molar-refractivity contribution in [2.24, 2.45) is 11.8 Å². The zero-order chi connectivity index (χ0) is 19.4. The van der Waals surface area contributed by atoms with Crippen molar-refractivity contribution in [3.8, 4) is 11.5 Å².